The molecule has 3 rings (SSSR count). The lowest BCUT2D eigenvalue weighted by molar-refractivity contribution is -0.143. The Morgan fingerprint density at radius 2 is 1.50 bits per heavy atom. The van der Waals surface area contributed by atoms with Gasteiger partial charge in [-0.2, -0.15) is 31.1 Å². The van der Waals surface area contributed by atoms with Crippen molar-refractivity contribution >= 4 is 33.2 Å². The van der Waals surface area contributed by atoms with Gasteiger partial charge in [0, 0.05) is 10.7 Å². The third-order valence-corrected chi connectivity index (χ3v) is 6.89. The van der Waals surface area contributed by atoms with Crippen LogP contribution in [0.5, 0.6) is 5.75 Å². The molecule has 3 aromatic rings. The highest BCUT2D eigenvalue weighted by atomic mass is 35.5. The van der Waals surface area contributed by atoms with Crippen molar-refractivity contribution in [3.05, 3.63) is 88.4 Å². The van der Waals surface area contributed by atoms with Crippen LogP contribution in [0.15, 0.2) is 71.6 Å². The van der Waals surface area contributed by atoms with E-state index >= 15 is 0 Å². The Morgan fingerprint density at radius 3 is 2.03 bits per heavy atom. The fraction of sp³-hybridized carbons (Fsp3) is 0.208. The highest BCUT2D eigenvalue weighted by molar-refractivity contribution is 7.89. The number of carbonyl (C=O) groups excluding carboxylic acids is 1. The minimum absolute atomic E-state index is 0.0267. The average Bonchev–Trinajstić information content (AvgIpc) is 2.83. The van der Waals surface area contributed by atoms with E-state index in [2.05, 4.69) is 4.72 Å². The Balaban J connectivity index is 2.01. The molecule has 0 spiro atoms. The van der Waals surface area contributed by atoms with Crippen molar-refractivity contribution in [3.63, 3.8) is 0 Å². The van der Waals surface area contributed by atoms with Gasteiger partial charge < -0.3 is 10.1 Å². The van der Waals surface area contributed by atoms with E-state index in [1.165, 1.54) is 19.2 Å². The van der Waals surface area contributed by atoms with E-state index in [1.54, 1.807) is 30.3 Å². The molecule has 0 aliphatic rings. The lowest BCUT2D eigenvalue weighted by atomic mass is 10.1. The first-order valence-corrected chi connectivity index (χ1v) is 12.5. The number of benzene rings is 3. The van der Waals surface area contributed by atoms with Crippen LogP contribution in [0.4, 0.5) is 32.0 Å². The number of ether oxygens (including phenoxy) is 1. The Hall–Kier alpha value is -3.29. The maximum absolute atomic E-state index is 13.2. The van der Waals surface area contributed by atoms with Gasteiger partial charge in [0.15, 0.2) is 0 Å². The predicted octanol–water partition coefficient (Wildman–Crippen LogP) is 5.91. The summed E-state index contributed by atoms with van der Waals surface area (Å²) in [6.07, 6.45) is -10.6. The summed E-state index contributed by atoms with van der Waals surface area (Å²) in [5.74, 6) is -1.32. The number of alkyl halides is 6. The summed E-state index contributed by atoms with van der Waals surface area (Å²) >= 11 is 5.91. The number of carbonyl (C=O) groups is 1. The number of halogens is 7. The highest BCUT2D eigenvalue weighted by Gasteiger charge is 2.37. The van der Waals surface area contributed by atoms with E-state index in [1.807, 2.05) is 5.32 Å². The van der Waals surface area contributed by atoms with Gasteiger partial charge in [0.25, 0.3) is 0 Å². The molecule has 0 fully saturated rings. The Kier molecular flexibility index (Phi) is 8.64. The molecule has 3 aromatic carbocycles. The topological polar surface area (TPSA) is 84.5 Å². The molecule has 0 radical (unpaired) electrons. The first-order chi connectivity index (χ1) is 17.6. The number of hydrogen-bond acceptors (Lipinski definition) is 4. The van der Waals surface area contributed by atoms with Crippen LogP contribution in [0.1, 0.15) is 16.7 Å². The standard InChI is InChI=1S/C24H19ClF6N2O4S/c1-37-20-8-7-17(25)13-21(20)38(35,36)33-19(9-14-5-3-2-4-6-14)22(34)32-18-11-15(23(26,27)28)10-16(12-18)24(29,30)31/h2-8,10-13,19,33H,9H2,1H3,(H,32,34)/t19-/m0/s1. The third-order valence-electron chi connectivity index (χ3n) is 5.17. The van der Waals surface area contributed by atoms with Gasteiger partial charge in [0.05, 0.1) is 18.2 Å². The van der Waals surface area contributed by atoms with Crippen molar-refractivity contribution in [2.24, 2.45) is 0 Å². The summed E-state index contributed by atoms with van der Waals surface area (Å²) in [4.78, 5) is 12.7. The zero-order valence-corrected chi connectivity index (χ0v) is 20.9. The molecular formula is C24H19ClF6N2O4S. The molecule has 1 atom stereocenters. The van der Waals surface area contributed by atoms with Crippen LogP contribution < -0.4 is 14.8 Å². The smallest absolute Gasteiger partial charge is 0.416 e. The molecule has 0 saturated carbocycles. The van der Waals surface area contributed by atoms with Gasteiger partial charge in [0.2, 0.25) is 15.9 Å². The number of methoxy groups -OCH3 is 1. The number of hydrogen-bond donors (Lipinski definition) is 2. The van der Waals surface area contributed by atoms with Gasteiger partial charge in [-0.25, -0.2) is 8.42 Å². The largest absolute Gasteiger partial charge is 0.495 e. The first kappa shape index (κ1) is 29.3. The lowest BCUT2D eigenvalue weighted by Gasteiger charge is -2.21. The molecular weight excluding hydrogens is 562 g/mol. The number of amides is 1. The van der Waals surface area contributed by atoms with Gasteiger partial charge in [0.1, 0.15) is 16.7 Å². The monoisotopic (exact) mass is 580 g/mol. The normalized spacial score (nSPS) is 13.2. The summed E-state index contributed by atoms with van der Waals surface area (Å²) in [6.45, 7) is 0. The van der Waals surface area contributed by atoms with Gasteiger partial charge in [-0.05, 0) is 48.4 Å². The van der Waals surface area contributed by atoms with E-state index in [9.17, 15) is 39.6 Å². The van der Waals surface area contributed by atoms with Crippen LogP contribution in [-0.4, -0.2) is 27.5 Å². The zero-order valence-electron chi connectivity index (χ0n) is 19.3. The Morgan fingerprint density at radius 1 is 0.921 bits per heavy atom. The number of nitrogens with one attached hydrogen (secondary N) is 2. The van der Waals surface area contributed by atoms with Gasteiger partial charge in [-0.1, -0.05) is 41.9 Å². The number of sulfonamides is 1. The molecule has 6 nitrogen and oxygen atoms in total. The van der Waals surface area contributed by atoms with Crippen LogP contribution in [0.3, 0.4) is 0 Å². The lowest BCUT2D eigenvalue weighted by Crippen LogP contribution is -2.45. The van der Waals surface area contributed by atoms with E-state index in [4.69, 9.17) is 16.3 Å². The van der Waals surface area contributed by atoms with Crippen LogP contribution >= 0.6 is 11.6 Å². The van der Waals surface area contributed by atoms with Gasteiger partial charge >= 0.3 is 12.4 Å². The molecule has 0 aliphatic carbocycles. The van der Waals surface area contributed by atoms with Crippen molar-refractivity contribution in [1.29, 1.82) is 0 Å². The third kappa shape index (κ3) is 7.39. The second kappa shape index (κ2) is 11.2. The van der Waals surface area contributed by atoms with E-state index in [0.29, 0.717) is 17.7 Å². The maximum atomic E-state index is 13.2. The summed E-state index contributed by atoms with van der Waals surface area (Å²) in [5.41, 5.74) is -3.67. The molecule has 2 N–H and O–H groups in total. The van der Waals surface area contributed by atoms with Crippen LogP contribution in [0.2, 0.25) is 5.02 Å². The average molecular weight is 581 g/mol. The van der Waals surface area contributed by atoms with E-state index < -0.39 is 56.0 Å². The van der Waals surface area contributed by atoms with E-state index in [0.717, 1.165) is 6.07 Å². The fourth-order valence-electron chi connectivity index (χ4n) is 3.41. The van der Waals surface area contributed by atoms with E-state index in [-0.39, 0.29) is 23.3 Å². The molecule has 0 aliphatic heterocycles. The van der Waals surface area contributed by atoms with Crippen LogP contribution in [0, 0.1) is 0 Å². The molecule has 0 bridgehead atoms. The summed E-state index contributed by atoms with van der Waals surface area (Å²) in [7, 11) is -3.33. The number of anilines is 1. The maximum Gasteiger partial charge on any atom is 0.416 e. The summed E-state index contributed by atoms with van der Waals surface area (Å²) in [6, 6.07) is 10.5. The van der Waals surface area contributed by atoms with Crippen molar-refractivity contribution in [1.82, 2.24) is 4.72 Å². The van der Waals surface area contributed by atoms with Crippen LogP contribution in [-0.2, 0) is 33.6 Å². The predicted molar refractivity (Wildman–Crippen MR) is 127 cm³/mol. The van der Waals surface area contributed by atoms with Crippen molar-refractivity contribution in [2.75, 3.05) is 12.4 Å². The summed E-state index contributed by atoms with van der Waals surface area (Å²) < 4.78 is 113. The molecule has 0 heterocycles. The number of rotatable bonds is 8. The molecule has 38 heavy (non-hydrogen) atoms. The first-order valence-electron chi connectivity index (χ1n) is 10.6. The van der Waals surface area contributed by atoms with Gasteiger partial charge in [-0.3, -0.25) is 4.79 Å². The zero-order chi connectivity index (χ0) is 28.3. The van der Waals surface area contributed by atoms with Crippen LogP contribution in [0.25, 0.3) is 0 Å². The second-order valence-electron chi connectivity index (χ2n) is 7.94. The van der Waals surface area contributed by atoms with Gasteiger partial charge in [-0.15, -0.1) is 0 Å². The van der Waals surface area contributed by atoms with Crippen molar-refractivity contribution in [3.8, 4) is 5.75 Å². The molecule has 0 saturated heterocycles. The second-order valence-corrected chi connectivity index (χ2v) is 10.1. The Bertz CT molecular complexity index is 1380. The molecule has 204 valence electrons. The Labute approximate surface area is 218 Å². The molecule has 0 unspecified atom stereocenters. The molecule has 1 amide bonds. The minimum Gasteiger partial charge on any atom is -0.495 e. The minimum atomic E-state index is -5.14. The molecule has 0 aromatic heterocycles. The molecule has 14 heteroatoms. The van der Waals surface area contributed by atoms with Crippen molar-refractivity contribution in [2.45, 2.75) is 29.7 Å². The summed E-state index contributed by atoms with van der Waals surface area (Å²) in [5, 5.41) is 2.00. The fourth-order valence-corrected chi connectivity index (χ4v) is 5.03. The highest BCUT2D eigenvalue weighted by Crippen LogP contribution is 2.37. The van der Waals surface area contributed by atoms with Crippen molar-refractivity contribution < 1.29 is 44.3 Å². The SMILES string of the molecule is COc1ccc(Cl)cc1S(=O)(=O)N[C@@H](Cc1ccccc1)C(=O)Nc1cc(C(F)(F)F)cc(C(F)(F)F)c1. The quantitative estimate of drug-likeness (QED) is 0.324.